The quantitative estimate of drug-likeness (QED) is 0.913. The summed E-state index contributed by atoms with van der Waals surface area (Å²) in [5.41, 5.74) is 1.92. The van der Waals surface area contributed by atoms with E-state index < -0.39 is 5.60 Å². The molecule has 1 aromatic heterocycles. The lowest BCUT2D eigenvalue weighted by molar-refractivity contribution is -0.0300. The summed E-state index contributed by atoms with van der Waals surface area (Å²) < 4.78 is 0. The zero-order chi connectivity index (χ0) is 14.9. The van der Waals surface area contributed by atoms with Crippen LogP contribution in [0.25, 0.3) is 10.6 Å². The largest absolute Gasteiger partial charge is 0.388 e. The summed E-state index contributed by atoms with van der Waals surface area (Å²) in [7, 11) is 0. The lowest BCUT2D eigenvalue weighted by Crippen LogP contribution is -2.47. The monoisotopic (exact) mass is 302 g/mol. The molecule has 1 saturated carbocycles. The fraction of sp³-hybridized carbons (Fsp3) is 0.375. The molecule has 5 heteroatoms. The normalized spacial score (nSPS) is 16.3. The molecule has 21 heavy (non-hydrogen) atoms. The van der Waals surface area contributed by atoms with E-state index in [0.29, 0.717) is 12.2 Å². The Balaban J connectivity index is 1.66. The number of nitrogens with one attached hydrogen (secondary N) is 1. The van der Waals surface area contributed by atoms with Crippen molar-refractivity contribution in [2.75, 3.05) is 6.54 Å². The van der Waals surface area contributed by atoms with Crippen LogP contribution in [0.4, 0.5) is 0 Å². The van der Waals surface area contributed by atoms with Crippen LogP contribution in [0.3, 0.4) is 0 Å². The molecule has 1 aliphatic rings. The van der Waals surface area contributed by atoms with E-state index in [0.717, 1.165) is 29.8 Å². The Kier molecular flexibility index (Phi) is 3.78. The Hall–Kier alpha value is -1.72. The number of aromatic nitrogens is 1. The van der Waals surface area contributed by atoms with Gasteiger partial charge < -0.3 is 10.4 Å². The van der Waals surface area contributed by atoms with Gasteiger partial charge in [-0.05, 0) is 26.2 Å². The predicted molar refractivity (Wildman–Crippen MR) is 83.4 cm³/mol. The molecule has 1 amide bonds. The number of nitrogens with zero attached hydrogens (tertiary/aromatic N) is 1. The molecule has 0 bridgehead atoms. The summed E-state index contributed by atoms with van der Waals surface area (Å²) in [6.45, 7) is 2.35. The van der Waals surface area contributed by atoms with Crippen molar-refractivity contribution in [2.24, 2.45) is 0 Å². The molecule has 1 fully saturated rings. The van der Waals surface area contributed by atoms with Gasteiger partial charge in [0.1, 0.15) is 10.7 Å². The molecule has 1 aliphatic carbocycles. The molecule has 1 aromatic carbocycles. The summed E-state index contributed by atoms with van der Waals surface area (Å²) in [6, 6.07) is 8.07. The molecule has 110 valence electrons. The van der Waals surface area contributed by atoms with Gasteiger partial charge in [0.2, 0.25) is 0 Å². The van der Waals surface area contributed by atoms with Gasteiger partial charge >= 0.3 is 0 Å². The van der Waals surface area contributed by atoms with Gasteiger partial charge in [0, 0.05) is 17.5 Å². The Morgan fingerprint density at radius 1 is 1.38 bits per heavy atom. The van der Waals surface area contributed by atoms with Gasteiger partial charge in [0.15, 0.2) is 0 Å². The number of carbonyl (C=O) groups is 1. The third-order valence-corrected chi connectivity index (χ3v) is 4.79. The minimum absolute atomic E-state index is 0.218. The van der Waals surface area contributed by atoms with E-state index in [1.54, 1.807) is 5.38 Å². The van der Waals surface area contributed by atoms with Crippen LogP contribution in [0.5, 0.6) is 0 Å². The first-order chi connectivity index (χ1) is 10.1. The molecule has 0 spiro atoms. The van der Waals surface area contributed by atoms with E-state index in [9.17, 15) is 9.90 Å². The molecule has 3 rings (SSSR count). The van der Waals surface area contributed by atoms with E-state index in [1.165, 1.54) is 16.9 Å². The Morgan fingerprint density at radius 3 is 2.71 bits per heavy atom. The highest BCUT2D eigenvalue weighted by molar-refractivity contribution is 7.13. The van der Waals surface area contributed by atoms with E-state index in [2.05, 4.69) is 10.3 Å². The molecule has 0 aliphatic heterocycles. The number of aliphatic hydroxyl groups is 1. The van der Waals surface area contributed by atoms with Gasteiger partial charge in [-0.2, -0.15) is 0 Å². The minimum Gasteiger partial charge on any atom is -0.388 e. The number of hydrogen-bond acceptors (Lipinski definition) is 4. The number of aryl methyl sites for hydroxylation is 1. The number of hydrogen-bond donors (Lipinski definition) is 2. The summed E-state index contributed by atoms with van der Waals surface area (Å²) >= 11 is 1.46. The third kappa shape index (κ3) is 3.14. The first kappa shape index (κ1) is 14.2. The first-order valence-electron chi connectivity index (χ1n) is 7.09. The Morgan fingerprint density at radius 2 is 2.10 bits per heavy atom. The smallest absolute Gasteiger partial charge is 0.270 e. The van der Waals surface area contributed by atoms with Crippen LogP contribution in [-0.4, -0.2) is 28.1 Å². The van der Waals surface area contributed by atoms with Gasteiger partial charge in [-0.25, -0.2) is 4.98 Å². The molecule has 1 heterocycles. The molecular weight excluding hydrogens is 284 g/mol. The first-order valence-corrected chi connectivity index (χ1v) is 7.97. The minimum atomic E-state index is -0.703. The molecular formula is C16H18N2O2S. The summed E-state index contributed by atoms with van der Waals surface area (Å²) in [4.78, 5) is 16.4. The van der Waals surface area contributed by atoms with E-state index in [1.807, 2.05) is 31.2 Å². The van der Waals surface area contributed by atoms with Crippen molar-refractivity contribution < 1.29 is 9.90 Å². The fourth-order valence-electron chi connectivity index (χ4n) is 2.30. The molecule has 0 unspecified atom stereocenters. The highest BCUT2D eigenvalue weighted by Gasteiger charge is 2.34. The number of carbonyl (C=O) groups excluding carboxylic acids is 1. The molecule has 0 radical (unpaired) electrons. The van der Waals surface area contributed by atoms with Crippen molar-refractivity contribution in [3.63, 3.8) is 0 Å². The lowest BCUT2D eigenvalue weighted by Gasteiger charge is -2.36. The maximum atomic E-state index is 12.1. The van der Waals surface area contributed by atoms with Gasteiger partial charge in [-0.1, -0.05) is 29.8 Å². The van der Waals surface area contributed by atoms with E-state index in [4.69, 9.17) is 0 Å². The van der Waals surface area contributed by atoms with Crippen LogP contribution in [-0.2, 0) is 0 Å². The van der Waals surface area contributed by atoms with Gasteiger partial charge in [-0.15, -0.1) is 11.3 Å². The molecule has 0 saturated heterocycles. The van der Waals surface area contributed by atoms with Crippen molar-refractivity contribution in [1.29, 1.82) is 0 Å². The average Bonchev–Trinajstić information content (AvgIpc) is 2.93. The second-order valence-corrected chi connectivity index (χ2v) is 6.52. The van der Waals surface area contributed by atoms with Crippen LogP contribution in [0.2, 0.25) is 0 Å². The second-order valence-electron chi connectivity index (χ2n) is 5.66. The van der Waals surface area contributed by atoms with Crippen LogP contribution in [0, 0.1) is 6.92 Å². The molecule has 2 N–H and O–H groups in total. The number of thiazole rings is 1. The summed E-state index contributed by atoms with van der Waals surface area (Å²) in [6.07, 6.45) is 2.55. The SMILES string of the molecule is Cc1ccc(-c2nc(C(=O)NCC3(O)CCC3)cs2)cc1. The van der Waals surface area contributed by atoms with Crippen LogP contribution in [0.15, 0.2) is 29.6 Å². The van der Waals surface area contributed by atoms with Crippen molar-refractivity contribution in [3.8, 4) is 10.6 Å². The zero-order valence-electron chi connectivity index (χ0n) is 11.9. The summed E-state index contributed by atoms with van der Waals surface area (Å²) in [5, 5.41) is 15.3. The van der Waals surface area contributed by atoms with E-state index >= 15 is 0 Å². The Bertz CT molecular complexity index is 645. The molecule has 2 aromatic rings. The second kappa shape index (κ2) is 5.58. The molecule has 4 nitrogen and oxygen atoms in total. The number of amides is 1. The third-order valence-electron chi connectivity index (χ3n) is 3.90. The van der Waals surface area contributed by atoms with Gasteiger partial charge in [-0.3, -0.25) is 4.79 Å². The maximum Gasteiger partial charge on any atom is 0.270 e. The van der Waals surface area contributed by atoms with Crippen molar-refractivity contribution in [2.45, 2.75) is 31.8 Å². The standard InChI is InChI=1S/C16H18N2O2S/c1-11-3-5-12(6-4-11)15-18-13(9-21-15)14(19)17-10-16(20)7-2-8-16/h3-6,9,20H,2,7-8,10H2,1H3,(H,17,19). The lowest BCUT2D eigenvalue weighted by atomic mass is 9.80. The van der Waals surface area contributed by atoms with Crippen molar-refractivity contribution >= 4 is 17.2 Å². The summed E-state index contributed by atoms with van der Waals surface area (Å²) in [5.74, 6) is -0.218. The zero-order valence-corrected chi connectivity index (χ0v) is 12.7. The highest BCUT2D eigenvalue weighted by atomic mass is 32.1. The van der Waals surface area contributed by atoms with Crippen LogP contribution in [0.1, 0.15) is 35.3 Å². The number of rotatable bonds is 4. The van der Waals surface area contributed by atoms with Crippen LogP contribution < -0.4 is 5.32 Å². The van der Waals surface area contributed by atoms with Gasteiger partial charge in [0.25, 0.3) is 5.91 Å². The highest BCUT2D eigenvalue weighted by Crippen LogP contribution is 2.30. The fourth-order valence-corrected chi connectivity index (χ4v) is 3.11. The van der Waals surface area contributed by atoms with E-state index in [-0.39, 0.29) is 5.91 Å². The predicted octanol–water partition coefficient (Wildman–Crippen LogP) is 2.76. The Labute approximate surface area is 127 Å². The van der Waals surface area contributed by atoms with Gasteiger partial charge in [0.05, 0.1) is 5.60 Å². The van der Waals surface area contributed by atoms with Crippen molar-refractivity contribution in [3.05, 3.63) is 40.9 Å². The molecule has 0 atom stereocenters. The average molecular weight is 302 g/mol. The maximum absolute atomic E-state index is 12.1. The topological polar surface area (TPSA) is 62.2 Å². The van der Waals surface area contributed by atoms with Crippen molar-refractivity contribution in [1.82, 2.24) is 10.3 Å². The number of benzene rings is 1. The van der Waals surface area contributed by atoms with Crippen LogP contribution >= 0.6 is 11.3 Å².